The fraction of sp³-hybridized carbons (Fsp3) is 0.533. The molecule has 0 saturated heterocycles. The van der Waals surface area contributed by atoms with Gasteiger partial charge in [-0.05, 0) is 32.8 Å². The van der Waals surface area contributed by atoms with Gasteiger partial charge in [-0.1, -0.05) is 24.4 Å². The number of aromatic nitrogens is 1. The standard InChI is InChI=1S/C15H19ClN2O3/c1-9-7-11(16)10(8-17-9)13(19)18-12-5-3-4-6-15(12,2)14(20)21/h7-8,12H,3-6H2,1-2H3,(H,18,19)(H,20,21). The summed E-state index contributed by atoms with van der Waals surface area (Å²) in [6.45, 7) is 3.48. The monoisotopic (exact) mass is 310 g/mol. The molecule has 2 N–H and O–H groups in total. The first-order valence-electron chi connectivity index (χ1n) is 7.01. The number of hydrogen-bond acceptors (Lipinski definition) is 3. The molecule has 114 valence electrons. The third kappa shape index (κ3) is 3.18. The molecule has 1 amide bonds. The Kier molecular flexibility index (Phi) is 4.52. The van der Waals surface area contributed by atoms with Crippen LogP contribution in [0.25, 0.3) is 0 Å². The maximum Gasteiger partial charge on any atom is 0.311 e. The molecule has 0 aromatic carbocycles. The Bertz CT molecular complexity index is 576. The molecule has 5 nitrogen and oxygen atoms in total. The van der Waals surface area contributed by atoms with Crippen LogP contribution in [0.1, 0.15) is 48.7 Å². The normalized spacial score (nSPS) is 25.4. The molecule has 1 aliphatic rings. The Balaban J connectivity index is 2.19. The van der Waals surface area contributed by atoms with Crippen molar-refractivity contribution in [2.45, 2.75) is 45.6 Å². The Morgan fingerprint density at radius 1 is 1.48 bits per heavy atom. The molecule has 2 unspecified atom stereocenters. The van der Waals surface area contributed by atoms with Crippen LogP contribution < -0.4 is 5.32 Å². The molecule has 1 fully saturated rings. The van der Waals surface area contributed by atoms with Crippen molar-refractivity contribution in [2.24, 2.45) is 5.41 Å². The van der Waals surface area contributed by atoms with Gasteiger partial charge in [-0.2, -0.15) is 0 Å². The molecule has 0 radical (unpaired) electrons. The third-order valence-electron chi connectivity index (χ3n) is 4.24. The molecule has 1 heterocycles. The minimum Gasteiger partial charge on any atom is -0.481 e. The lowest BCUT2D eigenvalue weighted by Gasteiger charge is -2.38. The third-order valence-corrected chi connectivity index (χ3v) is 4.55. The molecule has 6 heteroatoms. The van der Waals surface area contributed by atoms with Gasteiger partial charge in [0.2, 0.25) is 0 Å². The van der Waals surface area contributed by atoms with Gasteiger partial charge in [-0.3, -0.25) is 14.6 Å². The second-order valence-electron chi connectivity index (χ2n) is 5.80. The van der Waals surface area contributed by atoms with Crippen LogP contribution in [0.3, 0.4) is 0 Å². The number of aliphatic carboxylic acids is 1. The molecule has 1 aromatic heterocycles. The Morgan fingerprint density at radius 2 is 2.19 bits per heavy atom. The number of nitrogens with zero attached hydrogens (tertiary/aromatic N) is 1. The number of rotatable bonds is 3. The fourth-order valence-corrected chi connectivity index (χ4v) is 3.04. The minimum absolute atomic E-state index is 0.278. The van der Waals surface area contributed by atoms with E-state index in [1.54, 1.807) is 19.9 Å². The maximum atomic E-state index is 12.3. The lowest BCUT2D eigenvalue weighted by molar-refractivity contribution is -0.151. The van der Waals surface area contributed by atoms with Crippen LogP contribution in [0.15, 0.2) is 12.3 Å². The van der Waals surface area contributed by atoms with Crippen molar-refractivity contribution >= 4 is 23.5 Å². The van der Waals surface area contributed by atoms with Gasteiger partial charge < -0.3 is 10.4 Å². The summed E-state index contributed by atoms with van der Waals surface area (Å²) in [5, 5.41) is 12.6. The fourth-order valence-electron chi connectivity index (χ4n) is 2.75. The summed E-state index contributed by atoms with van der Waals surface area (Å²) in [6.07, 6.45) is 4.42. The average Bonchev–Trinajstić information content (AvgIpc) is 2.41. The predicted octanol–water partition coefficient (Wildman–Crippen LogP) is 2.81. The van der Waals surface area contributed by atoms with E-state index in [9.17, 15) is 14.7 Å². The van der Waals surface area contributed by atoms with Crippen molar-refractivity contribution in [3.63, 3.8) is 0 Å². The van der Waals surface area contributed by atoms with Crippen molar-refractivity contribution < 1.29 is 14.7 Å². The van der Waals surface area contributed by atoms with Crippen molar-refractivity contribution in [3.05, 3.63) is 28.5 Å². The van der Waals surface area contributed by atoms with E-state index < -0.39 is 17.4 Å². The number of nitrogens with one attached hydrogen (secondary N) is 1. The molecule has 0 bridgehead atoms. The summed E-state index contributed by atoms with van der Waals surface area (Å²) in [5.74, 6) is -1.24. The predicted molar refractivity (Wildman–Crippen MR) is 79.4 cm³/mol. The van der Waals surface area contributed by atoms with E-state index in [-0.39, 0.29) is 11.5 Å². The van der Waals surface area contributed by atoms with E-state index >= 15 is 0 Å². The first-order chi connectivity index (χ1) is 9.84. The van der Waals surface area contributed by atoms with Crippen LogP contribution in [0, 0.1) is 12.3 Å². The zero-order valence-electron chi connectivity index (χ0n) is 12.1. The van der Waals surface area contributed by atoms with Crippen LogP contribution in [-0.4, -0.2) is 28.0 Å². The lowest BCUT2D eigenvalue weighted by Crippen LogP contribution is -2.52. The van der Waals surface area contributed by atoms with Crippen LogP contribution in [-0.2, 0) is 4.79 Å². The highest BCUT2D eigenvalue weighted by Gasteiger charge is 2.44. The van der Waals surface area contributed by atoms with Crippen molar-refractivity contribution in [2.75, 3.05) is 0 Å². The number of hydrogen-bond donors (Lipinski definition) is 2. The maximum absolute atomic E-state index is 12.3. The summed E-state index contributed by atoms with van der Waals surface area (Å²) >= 11 is 6.06. The zero-order valence-corrected chi connectivity index (χ0v) is 12.9. The molecule has 1 aliphatic carbocycles. The SMILES string of the molecule is Cc1cc(Cl)c(C(=O)NC2CCCCC2(C)C(=O)O)cn1. The van der Waals surface area contributed by atoms with Crippen LogP contribution in [0.2, 0.25) is 5.02 Å². The minimum atomic E-state index is -0.932. The van der Waals surface area contributed by atoms with Crippen LogP contribution in [0.4, 0.5) is 0 Å². The Morgan fingerprint density at radius 3 is 2.81 bits per heavy atom. The number of carbonyl (C=O) groups is 2. The molecule has 21 heavy (non-hydrogen) atoms. The molecule has 2 rings (SSSR count). The topological polar surface area (TPSA) is 79.3 Å². The number of carbonyl (C=O) groups excluding carboxylic acids is 1. The first kappa shape index (κ1) is 15.8. The lowest BCUT2D eigenvalue weighted by atomic mass is 9.71. The molecule has 0 spiro atoms. The van der Waals surface area contributed by atoms with Gasteiger partial charge in [0.15, 0.2) is 0 Å². The molecular weight excluding hydrogens is 292 g/mol. The van der Waals surface area contributed by atoms with Gasteiger partial charge in [0, 0.05) is 17.9 Å². The number of aryl methyl sites for hydroxylation is 1. The summed E-state index contributed by atoms with van der Waals surface area (Å²) in [6, 6.07) is 1.22. The molecule has 2 atom stereocenters. The van der Waals surface area contributed by atoms with E-state index in [2.05, 4.69) is 10.3 Å². The van der Waals surface area contributed by atoms with E-state index in [1.807, 2.05) is 0 Å². The number of amides is 1. The van der Waals surface area contributed by atoms with Crippen molar-refractivity contribution in [1.82, 2.24) is 10.3 Å². The van der Waals surface area contributed by atoms with Gasteiger partial charge in [0.1, 0.15) is 0 Å². The smallest absolute Gasteiger partial charge is 0.311 e. The van der Waals surface area contributed by atoms with E-state index in [4.69, 9.17) is 11.6 Å². The largest absolute Gasteiger partial charge is 0.481 e. The summed E-state index contributed by atoms with van der Waals surface area (Å²) in [5.41, 5.74) is 0.0728. The number of pyridine rings is 1. The van der Waals surface area contributed by atoms with Crippen molar-refractivity contribution in [1.29, 1.82) is 0 Å². The molecule has 1 saturated carbocycles. The van der Waals surface area contributed by atoms with Gasteiger partial charge in [-0.25, -0.2) is 0 Å². The van der Waals surface area contributed by atoms with Gasteiger partial charge in [0.25, 0.3) is 5.91 Å². The molecule has 1 aromatic rings. The quantitative estimate of drug-likeness (QED) is 0.899. The van der Waals surface area contributed by atoms with Gasteiger partial charge in [-0.15, -0.1) is 0 Å². The zero-order chi connectivity index (χ0) is 15.6. The van der Waals surface area contributed by atoms with Crippen molar-refractivity contribution in [3.8, 4) is 0 Å². The Hall–Kier alpha value is -1.62. The summed E-state index contributed by atoms with van der Waals surface area (Å²) < 4.78 is 0. The van der Waals surface area contributed by atoms with Gasteiger partial charge >= 0.3 is 5.97 Å². The first-order valence-corrected chi connectivity index (χ1v) is 7.39. The number of carboxylic acid groups (broad SMARTS) is 1. The van der Waals surface area contributed by atoms with E-state index in [0.717, 1.165) is 18.5 Å². The second kappa shape index (κ2) is 6.02. The van der Waals surface area contributed by atoms with Crippen LogP contribution >= 0.6 is 11.6 Å². The van der Waals surface area contributed by atoms with E-state index in [1.165, 1.54) is 6.20 Å². The summed E-state index contributed by atoms with van der Waals surface area (Å²) in [4.78, 5) is 27.9. The Labute approximate surface area is 128 Å². The highest BCUT2D eigenvalue weighted by Crippen LogP contribution is 2.36. The highest BCUT2D eigenvalue weighted by molar-refractivity contribution is 6.33. The average molecular weight is 311 g/mol. The number of carboxylic acids is 1. The second-order valence-corrected chi connectivity index (χ2v) is 6.21. The molecular formula is C15H19ClN2O3. The number of halogens is 1. The molecule has 0 aliphatic heterocycles. The van der Waals surface area contributed by atoms with Gasteiger partial charge in [0.05, 0.1) is 16.0 Å². The summed E-state index contributed by atoms with van der Waals surface area (Å²) in [7, 11) is 0. The highest BCUT2D eigenvalue weighted by atomic mass is 35.5. The van der Waals surface area contributed by atoms with E-state index in [0.29, 0.717) is 17.9 Å². The van der Waals surface area contributed by atoms with Crippen LogP contribution in [0.5, 0.6) is 0 Å².